The Morgan fingerprint density at radius 3 is 2.47 bits per heavy atom. The number of fused-ring (bicyclic) bond motifs is 3. The zero-order chi connectivity index (χ0) is 25.8. The van der Waals surface area contributed by atoms with Crippen LogP contribution in [0.3, 0.4) is 0 Å². The van der Waals surface area contributed by atoms with E-state index in [1.165, 1.54) is 12.5 Å². The van der Waals surface area contributed by atoms with Crippen molar-refractivity contribution in [3.05, 3.63) is 52.6 Å². The molecule has 0 bridgehead atoms. The minimum atomic E-state index is -0.716. The highest BCUT2D eigenvalue weighted by Gasteiger charge is 2.59. The molecule has 5 rings (SSSR count). The van der Waals surface area contributed by atoms with Gasteiger partial charge >= 0.3 is 5.97 Å². The Hall–Kier alpha value is -2.44. The van der Waals surface area contributed by atoms with Gasteiger partial charge in [-0.25, -0.2) is 0 Å². The highest BCUT2D eigenvalue weighted by molar-refractivity contribution is 6.04. The van der Waals surface area contributed by atoms with Crippen LogP contribution in [0.15, 0.2) is 47.1 Å². The molecule has 6 heteroatoms. The summed E-state index contributed by atoms with van der Waals surface area (Å²) in [7, 11) is 1.65. The molecule has 194 valence electrons. The van der Waals surface area contributed by atoms with Gasteiger partial charge in [0.2, 0.25) is 0 Å². The van der Waals surface area contributed by atoms with E-state index in [1.807, 2.05) is 24.3 Å². The summed E-state index contributed by atoms with van der Waals surface area (Å²) in [5.41, 5.74) is 3.73. The molecule has 6 nitrogen and oxygen atoms in total. The van der Waals surface area contributed by atoms with E-state index < -0.39 is 18.4 Å². The fourth-order valence-corrected chi connectivity index (χ4v) is 7.18. The van der Waals surface area contributed by atoms with E-state index in [1.54, 1.807) is 7.11 Å². The number of methoxy groups -OCH3 is 1. The fourth-order valence-electron chi connectivity index (χ4n) is 7.18. The first kappa shape index (κ1) is 25.2. The minimum Gasteiger partial charge on any atom is -0.497 e. The largest absolute Gasteiger partial charge is 0.497 e. The zero-order valence-electron chi connectivity index (χ0n) is 22.3. The zero-order valence-corrected chi connectivity index (χ0v) is 22.3. The molecule has 1 aromatic carbocycles. The summed E-state index contributed by atoms with van der Waals surface area (Å²) in [6.45, 7) is 10.6. The van der Waals surface area contributed by atoms with E-state index in [0.717, 1.165) is 48.1 Å². The summed E-state index contributed by atoms with van der Waals surface area (Å²) >= 11 is 0. The fraction of sp³-hybridized carbons (Fsp3) is 0.600. The Bertz CT molecular complexity index is 1110. The molecule has 3 aliphatic carbocycles. The van der Waals surface area contributed by atoms with Gasteiger partial charge < -0.3 is 18.9 Å². The molecule has 2 fully saturated rings. The van der Waals surface area contributed by atoms with Crippen LogP contribution in [-0.2, 0) is 23.8 Å². The molecule has 36 heavy (non-hydrogen) atoms. The lowest BCUT2D eigenvalue weighted by molar-refractivity contribution is -0.197. The summed E-state index contributed by atoms with van der Waals surface area (Å²) in [6, 6.07) is 7.79. The number of allylic oxidation sites excluding steroid dienone is 2. The number of hydrogen-bond acceptors (Lipinski definition) is 6. The first-order valence-electron chi connectivity index (χ1n) is 13.2. The van der Waals surface area contributed by atoms with E-state index in [9.17, 15) is 9.59 Å². The van der Waals surface area contributed by atoms with Crippen molar-refractivity contribution < 1.29 is 28.5 Å². The Balaban J connectivity index is 1.52. The van der Waals surface area contributed by atoms with Gasteiger partial charge in [-0.05, 0) is 60.3 Å². The van der Waals surface area contributed by atoms with Gasteiger partial charge in [-0.2, -0.15) is 0 Å². The van der Waals surface area contributed by atoms with E-state index in [0.29, 0.717) is 6.61 Å². The molecule has 0 amide bonds. The maximum absolute atomic E-state index is 13.7. The van der Waals surface area contributed by atoms with E-state index >= 15 is 0 Å². The molecule has 1 saturated heterocycles. The standard InChI is InChI=1S/C30H38O6/c1-17(2)25-27(35-18(3)31)26(32)23-15-22-21-16-34-28(19-7-9-20(33-6)10-8-19)36-24(21)11-12-29(22,4)13-14-30(23,25)5/h7-10,15,17,24-25,27-28H,11-14,16H2,1-6H3/t24-,25-,27+,28+,29-,30-/m0/s1. The summed E-state index contributed by atoms with van der Waals surface area (Å²) in [4.78, 5) is 25.6. The summed E-state index contributed by atoms with van der Waals surface area (Å²) in [5.74, 6) is 0.525. The number of benzene rings is 1. The Labute approximate surface area is 214 Å². The van der Waals surface area contributed by atoms with Gasteiger partial charge in [0.05, 0.1) is 19.8 Å². The van der Waals surface area contributed by atoms with Crippen LogP contribution in [0.4, 0.5) is 0 Å². The van der Waals surface area contributed by atoms with Crippen LogP contribution in [0, 0.1) is 22.7 Å². The molecule has 1 aliphatic heterocycles. The number of Topliss-reactive ketones (excluding diaryl/α,β-unsaturated/α-hetero) is 1. The smallest absolute Gasteiger partial charge is 0.303 e. The van der Waals surface area contributed by atoms with Gasteiger partial charge in [0.1, 0.15) is 5.75 Å². The number of carbonyl (C=O) groups excluding carboxylic acids is 2. The number of rotatable bonds is 4. The van der Waals surface area contributed by atoms with Crippen LogP contribution >= 0.6 is 0 Å². The van der Waals surface area contributed by atoms with Crippen molar-refractivity contribution in [2.24, 2.45) is 22.7 Å². The van der Waals surface area contributed by atoms with Gasteiger partial charge in [0.15, 0.2) is 18.2 Å². The molecule has 0 spiro atoms. The molecule has 4 aliphatic rings. The number of ether oxygens (including phenoxy) is 4. The molecule has 6 atom stereocenters. The van der Waals surface area contributed by atoms with Crippen molar-refractivity contribution >= 4 is 11.8 Å². The van der Waals surface area contributed by atoms with E-state index in [2.05, 4.69) is 33.8 Å². The lowest BCUT2D eigenvalue weighted by Crippen LogP contribution is -2.39. The molecular weight excluding hydrogens is 456 g/mol. The third-order valence-electron chi connectivity index (χ3n) is 9.11. The van der Waals surface area contributed by atoms with Crippen LogP contribution in [-0.4, -0.2) is 37.7 Å². The Morgan fingerprint density at radius 2 is 1.83 bits per heavy atom. The van der Waals surface area contributed by atoms with Gasteiger partial charge in [-0.3, -0.25) is 9.59 Å². The predicted molar refractivity (Wildman–Crippen MR) is 135 cm³/mol. The maximum Gasteiger partial charge on any atom is 0.303 e. The molecule has 0 unspecified atom stereocenters. The topological polar surface area (TPSA) is 71.1 Å². The highest BCUT2D eigenvalue weighted by atomic mass is 16.7. The first-order chi connectivity index (χ1) is 17.1. The monoisotopic (exact) mass is 494 g/mol. The molecule has 1 aromatic rings. The molecular formula is C30H38O6. The number of carbonyl (C=O) groups is 2. The second kappa shape index (κ2) is 9.14. The lowest BCUT2D eigenvalue weighted by atomic mass is 9.65. The number of hydrogen-bond donors (Lipinski definition) is 0. The summed E-state index contributed by atoms with van der Waals surface area (Å²) in [6.07, 6.45) is 4.74. The van der Waals surface area contributed by atoms with Crippen molar-refractivity contribution in [3.63, 3.8) is 0 Å². The van der Waals surface area contributed by atoms with Crippen molar-refractivity contribution in [2.75, 3.05) is 13.7 Å². The molecule has 0 N–H and O–H groups in total. The molecule has 0 aromatic heterocycles. The summed E-state index contributed by atoms with van der Waals surface area (Å²) in [5, 5.41) is 0. The molecule has 1 heterocycles. The van der Waals surface area contributed by atoms with E-state index in [4.69, 9.17) is 18.9 Å². The number of ketones is 1. The van der Waals surface area contributed by atoms with Crippen molar-refractivity contribution in [1.82, 2.24) is 0 Å². The van der Waals surface area contributed by atoms with Gasteiger partial charge in [0, 0.05) is 29.4 Å². The first-order valence-corrected chi connectivity index (χ1v) is 13.2. The minimum absolute atomic E-state index is 0.0371. The van der Waals surface area contributed by atoms with Crippen LogP contribution in [0.1, 0.15) is 72.2 Å². The van der Waals surface area contributed by atoms with Gasteiger partial charge in [0.25, 0.3) is 0 Å². The lowest BCUT2D eigenvalue weighted by Gasteiger charge is -2.44. The van der Waals surface area contributed by atoms with Crippen molar-refractivity contribution in [3.8, 4) is 5.75 Å². The van der Waals surface area contributed by atoms with Crippen LogP contribution in [0.5, 0.6) is 5.75 Å². The Kier molecular flexibility index (Phi) is 6.40. The average Bonchev–Trinajstić information content (AvgIpc) is 2.96. The quantitative estimate of drug-likeness (QED) is 0.499. The molecule has 1 saturated carbocycles. The second-order valence-electron chi connectivity index (χ2n) is 11.7. The normalized spacial score (nSPS) is 36.0. The molecule has 0 radical (unpaired) electrons. The summed E-state index contributed by atoms with van der Waals surface area (Å²) < 4.78 is 23.6. The van der Waals surface area contributed by atoms with Crippen LogP contribution < -0.4 is 4.74 Å². The van der Waals surface area contributed by atoms with Gasteiger partial charge in [-0.1, -0.05) is 45.9 Å². The maximum atomic E-state index is 13.7. The van der Waals surface area contributed by atoms with Gasteiger partial charge in [-0.15, -0.1) is 0 Å². The predicted octanol–water partition coefficient (Wildman–Crippen LogP) is 5.72. The van der Waals surface area contributed by atoms with Crippen LogP contribution in [0.2, 0.25) is 0 Å². The Morgan fingerprint density at radius 1 is 1.11 bits per heavy atom. The SMILES string of the molecule is COc1ccc([C@@H]2OCC3=C4C=C5C(=O)[C@H](OC(C)=O)[C@H](C(C)C)[C@@]5(C)CC[C@]4(C)CC[C@@H]3O2)cc1. The van der Waals surface area contributed by atoms with E-state index in [-0.39, 0.29) is 34.6 Å². The van der Waals surface area contributed by atoms with Crippen LogP contribution in [0.25, 0.3) is 0 Å². The average molecular weight is 495 g/mol. The third kappa shape index (κ3) is 4.03. The van der Waals surface area contributed by atoms with Crippen molar-refractivity contribution in [2.45, 2.75) is 78.8 Å². The van der Waals surface area contributed by atoms with Crippen molar-refractivity contribution in [1.29, 1.82) is 0 Å². The second-order valence-corrected chi connectivity index (χ2v) is 11.7. The third-order valence-corrected chi connectivity index (χ3v) is 9.11. The highest BCUT2D eigenvalue weighted by Crippen LogP contribution is 2.59. The number of esters is 1.